The number of carbonyl (C=O) groups excluding carboxylic acids is 1. The molecule has 1 saturated heterocycles. The highest BCUT2D eigenvalue weighted by Gasteiger charge is 2.45. The van der Waals surface area contributed by atoms with Crippen LogP contribution in [0, 0.1) is 23.2 Å². The highest BCUT2D eigenvalue weighted by atomic mass is 35.5. The third kappa shape index (κ3) is 2.90. The molecule has 0 spiro atoms. The van der Waals surface area contributed by atoms with E-state index < -0.39 is 6.10 Å². The summed E-state index contributed by atoms with van der Waals surface area (Å²) in [7, 11) is 0. The first-order valence-corrected chi connectivity index (χ1v) is 7.45. The van der Waals surface area contributed by atoms with Crippen molar-refractivity contribution in [3.8, 4) is 6.07 Å². The number of aliphatic hydroxyl groups excluding tert-OH is 1. The number of benzene rings is 1. The molecule has 0 aromatic heterocycles. The van der Waals surface area contributed by atoms with Crippen LogP contribution in [0.3, 0.4) is 0 Å². The molecule has 1 aromatic rings. The van der Waals surface area contributed by atoms with Crippen LogP contribution in [0.5, 0.6) is 0 Å². The van der Waals surface area contributed by atoms with E-state index in [0.717, 1.165) is 0 Å². The Morgan fingerprint density at radius 1 is 1.48 bits per heavy atom. The number of aliphatic hydroxyl groups is 1. The van der Waals surface area contributed by atoms with Gasteiger partial charge in [-0.1, -0.05) is 25.4 Å². The lowest BCUT2D eigenvalue weighted by atomic mass is 9.92. The van der Waals surface area contributed by atoms with Gasteiger partial charge in [0.05, 0.1) is 28.6 Å². The molecule has 1 aliphatic heterocycles. The Bertz CT molecular complexity index is 594. The summed E-state index contributed by atoms with van der Waals surface area (Å²) in [5.74, 6) is -0.121. The number of hydrogen-bond donors (Lipinski definition) is 1. The number of amides is 1. The molecule has 0 radical (unpaired) electrons. The maximum absolute atomic E-state index is 12.6. The quantitative estimate of drug-likeness (QED) is 0.933. The Morgan fingerprint density at radius 3 is 2.67 bits per heavy atom. The van der Waals surface area contributed by atoms with E-state index in [0.29, 0.717) is 28.6 Å². The maximum Gasteiger partial charge on any atom is 0.233 e. The molecule has 1 aliphatic rings. The van der Waals surface area contributed by atoms with Gasteiger partial charge >= 0.3 is 0 Å². The van der Waals surface area contributed by atoms with Gasteiger partial charge in [-0.05, 0) is 37.5 Å². The van der Waals surface area contributed by atoms with Gasteiger partial charge in [-0.3, -0.25) is 4.79 Å². The van der Waals surface area contributed by atoms with Gasteiger partial charge in [-0.15, -0.1) is 0 Å². The molecule has 1 N–H and O–H groups in total. The highest BCUT2D eigenvalue weighted by molar-refractivity contribution is 6.32. The van der Waals surface area contributed by atoms with Crippen molar-refractivity contribution in [2.75, 3.05) is 4.90 Å². The number of nitrogens with zero attached hydrogens (tertiary/aromatic N) is 2. The lowest BCUT2D eigenvalue weighted by Crippen LogP contribution is -2.34. The van der Waals surface area contributed by atoms with Gasteiger partial charge in [0, 0.05) is 5.69 Å². The third-order valence-corrected chi connectivity index (χ3v) is 4.26. The van der Waals surface area contributed by atoms with Gasteiger partial charge in [0.25, 0.3) is 0 Å². The van der Waals surface area contributed by atoms with Gasteiger partial charge in [-0.2, -0.15) is 5.26 Å². The first-order valence-electron chi connectivity index (χ1n) is 7.07. The van der Waals surface area contributed by atoms with E-state index >= 15 is 0 Å². The normalized spacial score (nSPS) is 25.5. The molecule has 0 bridgehead atoms. The van der Waals surface area contributed by atoms with Crippen LogP contribution in [0.25, 0.3) is 0 Å². The van der Waals surface area contributed by atoms with Crippen LogP contribution < -0.4 is 4.90 Å². The van der Waals surface area contributed by atoms with Crippen molar-refractivity contribution in [3.05, 3.63) is 28.8 Å². The average molecular weight is 307 g/mol. The van der Waals surface area contributed by atoms with Crippen molar-refractivity contribution in [3.63, 3.8) is 0 Å². The molecule has 0 saturated carbocycles. The molecule has 3 atom stereocenters. The standard InChI is InChI=1S/C16H19ClN2O2/c1-9(2)6-13-15(20)10(3)19(16(13)21)12-5-4-11(8-18)14(17)7-12/h4-5,7,9-10,13,15,20H,6H2,1-3H3. The zero-order valence-corrected chi connectivity index (χ0v) is 13.1. The Morgan fingerprint density at radius 2 is 2.14 bits per heavy atom. The molecule has 5 heteroatoms. The van der Waals surface area contributed by atoms with E-state index in [9.17, 15) is 9.90 Å². The molecular formula is C16H19ClN2O2. The summed E-state index contributed by atoms with van der Waals surface area (Å²) in [6.07, 6.45) is -0.0282. The smallest absolute Gasteiger partial charge is 0.233 e. The number of rotatable bonds is 3. The second-order valence-corrected chi connectivity index (χ2v) is 6.36. The molecule has 2 rings (SSSR count). The van der Waals surface area contributed by atoms with E-state index in [1.165, 1.54) is 0 Å². The Hall–Kier alpha value is -1.57. The zero-order valence-electron chi connectivity index (χ0n) is 12.4. The summed E-state index contributed by atoms with van der Waals surface area (Å²) in [6, 6.07) is 6.60. The molecule has 1 fully saturated rings. The van der Waals surface area contributed by atoms with Crippen molar-refractivity contribution in [1.29, 1.82) is 5.26 Å². The zero-order chi connectivity index (χ0) is 15.7. The summed E-state index contributed by atoms with van der Waals surface area (Å²) in [6.45, 7) is 5.90. The fourth-order valence-corrected chi connectivity index (χ4v) is 3.09. The minimum Gasteiger partial charge on any atom is -0.390 e. The summed E-state index contributed by atoms with van der Waals surface area (Å²) >= 11 is 6.04. The highest BCUT2D eigenvalue weighted by Crippen LogP contribution is 2.35. The number of hydrogen-bond acceptors (Lipinski definition) is 3. The molecule has 21 heavy (non-hydrogen) atoms. The van der Waals surface area contributed by atoms with Crippen LogP contribution in [0.1, 0.15) is 32.8 Å². The first-order chi connectivity index (χ1) is 9.86. The van der Waals surface area contributed by atoms with E-state index in [1.54, 1.807) is 23.1 Å². The summed E-state index contributed by atoms with van der Waals surface area (Å²) in [4.78, 5) is 14.2. The molecule has 4 nitrogen and oxygen atoms in total. The van der Waals surface area contributed by atoms with Crippen LogP contribution in [-0.2, 0) is 4.79 Å². The van der Waals surface area contributed by atoms with Gasteiger partial charge in [0.1, 0.15) is 6.07 Å². The first kappa shape index (κ1) is 15.8. The van der Waals surface area contributed by atoms with E-state index in [1.807, 2.05) is 26.8 Å². The number of halogens is 1. The van der Waals surface area contributed by atoms with Crippen LogP contribution in [0.4, 0.5) is 5.69 Å². The van der Waals surface area contributed by atoms with E-state index in [-0.39, 0.29) is 17.9 Å². The summed E-state index contributed by atoms with van der Waals surface area (Å²) < 4.78 is 0. The van der Waals surface area contributed by atoms with Gasteiger partial charge in [-0.25, -0.2) is 0 Å². The SMILES string of the molecule is CC(C)CC1C(=O)N(c2ccc(C#N)c(Cl)c2)C(C)C1O. The van der Waals surface area contributed by atoms with E-state index in [2.05, 4.69) is 0 Å². The van der Waals surface area contributed by atoms with Crippen molar-refractivity contribution >= 4 is 23.2 Å². The van der Waals surface area contributed by atoms with Crippen LogP contribution in [0.15, 0.2) is 18.2 Å². The lowest BCUT2D eigenvalue weighted by molar-refractivity contribution is -0.122. The monoisotopic (exact) mass is 306 g/mol. The van der Waals surface area contributed by atoms with Gasteiger partial charge in [0.2, 0.25) is 5.91 Å². The fourth-order valence-electron chi connectivity index (χ4n) is 2.87. The predicted molar refractivity (Wildman–Crippen MR) is 82.1 cm³/mol. The lowest BCUT2D eigenvalue weighted by Gasteiger charge is -2.23. The van der Waals surface area contributed by atoms with Gasteiger partial charge in [0.15, 0.2) is 0 Å². The molecule has 1 amide bonds. The Kier molecular flexibility index (Phi) is 4.55. The number of carbonyl (C=O) groups is 1. The predicted octanol–water partition coefficient (Wildman–Crippen LogP) is 2.97. The fraction of sp³-hybridized carbons (Fsp3) is 0.500. The van der Waals surface area contributed by atoms with Crippen LogP contribution in [-0.4, -0.2) is 23.2 Å². The van der Waals surface area contributed by atoms with E-state index in [4.69, 9.17) is 16.9 Å². The second-order valence-electron chi connectivity index (χ2n) is 5.95. The second kappa shape index (κ2) is 6.05. The summed E-state index contributed by atoms with van der Waals surface area (Å²) in [5.41, 5.74) is 1.00. The number of nitriles is 1. The minimum atomic E-state index is -0.686. The van der Waals surface area contributed by atoms with Crippen molar-refractivity contribution in [2.24, 2.45) is 11.8 Å². The molecule has 0 aliphatic carbocycles. The molecule has 1 heterocycles. The average Bonchev–Trinajstić information content (AvgIpc) is 2.62. The Labute approximate surface area is 129 Å². The van der Waals surface area contributed by atoms with Crippen molar-refractivity contribution in [1.82, 2.24) is 0 Å². The van der Waals surface area contributed by atoms with Crippen molar-refractivity contribution < 1.29 is 9.90 Å². The Balaban J connectivity index is 2.34. The van der Waals surface area contributed by atoms with Crippen LogP contribution >= 0.6 is 11.6 Å². The van der Waals surface area contributed by atoms with Crippen molar-refractivity contribution in [2.45, 2.75) is 39.3 Å². The minimum absolute atomic E-state index is 0.0792. The van der Waals surface area contributed by atoms with Crippen LogP contribution in [0.2, 0.25) is 5.02 Å². The maximum atomic E-state index is 12.6. The largest absolute Gasteiger partial charge is 0.390 e. The molecule has 112 valence electrons. The van der Waals surface area contributed by atoms with Gasteiger partial charge < -0.3 is 10.0 Å². The molecule has 1 aromatic carbocycles. The molecule has 3 unspecified atom stereocenters. The topological polar surface area (TPSA) is 64.3 Å². The summed E-state index contributed by atoms with van der Waals surface area (Å²) in [5, 5.41) is 19.6. The number of anilines is 1. The molecular weight excluding hydrogens is 288 g/mol. The third-order valence-electron chi connectivity index (χ3n) is 3.95.